The molecule has 0 atom stereocenters. The van der Waals surface area contributed by atoms with Crippen molar-refractivity contribution in [2.75, 3.05) is 5.73 Å². The summed E-state index contributed by atoms with van der Waals surface area (Å²) in [6.45, 7) is 0. The summed E-state index contributed by atoms with van der Waals surface area (Å²) in [6, 6.07) is 11.8. The number of primary amides is 1. The first-order valence-electron chi connectivity index (χ1n) is 7.05. The molecule has 6 nitrogen and oxygen atoms in total. The van der Waals surface area contributed by atoms with E-state index in [1.807, 2.05) is 36.5 Å². The lowest BCUT2D eigenvalue weighted by molar-refractivity contribution is 0.100. The van der Waals surface area contributed by atoms with Gasteiger partial charge in [-0.1, -0.05) is 12.1 Å². The van der Waals surface area contributed by atoms with E-state index in [-0.39, 0.29) is 5.56 Å². The van der Waals surface area contributed by atoms with E-state index in [1.54, 1.807) is 10.7 Å². The van der Waals surface area contributed by atoms with E-state index < -0.39 is 5.91 Å². The second-order valence-electron chi connectivity index (χ2n) is 5.31. The van der Waals surface area contributed by atoms with Crippen LogP contribution in [-0.2, 0) is 0 Å². The zero-order valence-electron chi connectivity index (χ0n) is 12.1. The second-order valence-corrected chi connectivity index (χ2v) is 5.31. The fourth-order valence-electron chi connectivity index (χ4n) is 2.69. The van der Waals surface area contributed by atoms with Gasteiger partial charge in [0.2, 0.25) is 0 Å². The van der Waals surface area contributed by atoms with E-state index in [9.17, 15) is 4.79 Å². The lowest BCUT2D eigenvalue weighted by Crippen LogP contribution is -2.15. The van der Waals surface area contributed by atoms with Crippen LogP contribution in [0.5, 0.6) is 0 Å². The molecule has 0 fully saturated rings. The van der Waals surface area contributed by atoms with Crippen LogP contribution in [0.3, 0.4) is 0 Å². The third-order valence-corrected chi connectivity index (χ3v) is 3.88. The summed E-state index contributed by atoms with van der Waals surface area (Å²) < 4.78 is 1.64. The lowest BCUT2D eigenvalue weighted by Gasteiger charge is -2.02. The molecule has 23 heavy (non-hydrogen) atoms. The number of nitrogen functional groups attached to an aromatic ring is 1. The van der Waals surface area contributed by atoms with Crippen molar-refractivity contribution in [3.63, 3.8) is 0 Å². The monoisotopic (exact) mass is 303 g/mol. The molecule has 0 spiro atoms. The molecule has 112 valence electrons. The van der Waals surface area contributed by atoms with Crippen LogP contribution >= 0.6 is 0 Å². The Hall–Kier alpha value is -3.41. The molecule has 0 radical (unpaired) electrons. The number of nitrogens with zero attached hydrogens (tertiary/aromatic N) is 3. The van der Waals surface area contributed by atoms with Crippen LogP contribution in [0.4, 0.5) is 5.69 Å². The first kappa shape index (κ1) is 13.3. The first-order valence-corrected chi connectivity index (χ1v) is 7.05. The van der Waals surface area contributed by atoms with Crippen LogP contribution in [-0.4, -0.2) is 20.5 Å². The number of nitrogens with two attached hydrogens (primary N) is 2. The van der Waals surface area contributed by atoms with E-state index in [0.29, 0.717) is 11.2 Å². The number of hydrogen-bond donors (Lipinski definition) is 2. The smallest absolute Gasteiger partial charge is 0.252 e. The highest BCUT2D eigenvalue weighted by molar-refractivity contribution is 6.01. The van der Waals surface area contributed by atoms with Crippen molar-refractivity contribution in [3.8, 4) is 11.1 Å². The maximum atomic E-state index is 11.4. The predicted molar refractivity (Wildman–Crippen MR) is 88.9 cm³/mol. The van der Waals surface area contributed by atoms with Crippen molar-refractivity contribution in [3.05, 3.63) is 60.6 Å². The largest absolute Gasteiger partial charge is 0.396 e. The lowest BCUT2D eigenvalue weighted by atomic mass is 10.1. The summed E-state index contributed by atoms with van der Waals surface area (Å²) in [5.74, 6) is -0.586. The Bertz CT molecular complexity index is 1070. The molecule has 1 amide bonds. The quantitative estimate of drug-likeness (QED) is 0.593. The number of amides is 1. The molecule has 1 aromatic carbocycles. The normalized spacial score (nSPS) is 11.1. The Kier molecular flexibility index (Phi) is 2.77. The molecule has 0 aliphatic carbocycles. The third-order valence-electron chi connectivity index (χ3n) is 3.88. The number of hydrogen-bond acceptors (Lipinski definition) is 4. The highest BCUT2D eigenvalue weighted by Crippen LogP contribution is 2.28. The summed E-state index contributed by atoms with van der Waals surface area (Å²) in [7, 11) is 0. The maximum absolute atomic E-state index is 11.4. The minimum absolute atomic E-state index is 0.227. The van der Waals surface area contributed by atoms with Crippen LogP contribution in [0.25, 0.3) is 27.5 Å². The van der Waals surface area contributed by atoms with Crippen LogP contribution in [0.15, 0.2) is 55.0 Å². The van der Waals surface area contributed by atoms with Crippen molar-refractivity contribution in [2.24, 2.45) is 5.73 Å². The Labute approximate surface area is 131 Å². The van der Waals surface area contributed by atoms with E-state index in [1.165, 1.54) is 6.20 Å². The van der Waals surface area contributed by atoms with Gasteiger partial charge in [0.1, 0.15) is 0 Å². The molecule has 0 bridgehead atoms. The molecular weight excluding hydrogens is 290 g/mol. The maximum Gasteiger partial charge on any atom is 0.252 e. The summed E-state index contributed by atoms with van der Waals surface area (Å²) in [6.07, 6.45) is 5.03. The molecule has 3 heterocycles. The number of fused-ring (bicyclic) bond motifs is 2. The van der Waals surface area contributed by atoms with Crippen molar-refractivity contribution in [1.82, 2.24) is 14.6 Å². The van der Waals surface area contributed by atoms with E-state index >= 15 is 0 Å². The standard InChI is InChI=1S/C17H13N5O/c18-16-13(17(19)23)8-21-22-9-12(7-15(16)22)10-3-4-14-11(6-10)2-1-5-20-14/h1-9H,18H2,(H2,19,23). The van der Waals surface area contributed by atoms with E-state index in [0.717, 1.165) is 22.0 Å². The highest BCUT2D eigenvalue weighted by Gasteiger charge is 2.13. The fourth-order valence-corrected chi connectivity index (χ4v) is 2.69. The Morgan fingerprint density at radius 2 is 2.00 bits per heavy atom. The minimum atomic E-state index is -0.586. The summed E-state index contributed by atoms with van der Waals surface area (Å²) in [5.41, 5.74) is 15.5. The number of carbonyl (C=O) groups is 1. The van der Waals surface area contributed by atoms with Gasteiger partial charge in [-0.2, -0.15) is 5.10 Å². The Morgan fingerprint density at radius 3 is 2.83 bits per heavy atom. The molecule has 0 unspecified atom stereocenters. The SMILES string of the molecule is NC(=O)c1cnn2cc(-c3ccc4ncccc4c3)cc2c1N. The topological polar surface area (TPSA) is 99.3 Å². The minimum Gasteiger partial charge on any atom is -0.396 e. The number of carbonyl (C=O) groups excluding carboxylic acids is 1. The van der Waals surface area contributed by atoms with Gasteiger partial charge in [0.15, 0.2) is 0 Å². The van der Waals surface area contributed by atoms with Crippen LogP contribution in [0.1, 0.15) is 10.4 Å². The van der Waals surface area contributed by atoms with Crippen LogP contribution in [0.2, 0.25) is 0 Å². The van der Waals surface area contributed by atoms with Gasteiger partial charge in [-0.15, -0.1) is 0 Å². The van der Waals surface area contributed by atoms with Crippen molar-refractivity contribution in [2.45, 2.75) is 0 Å². The van der Waals surface area contributed by atoms with Gasteiger partial charge < -0.3 is 11.5 Å². The van der Waals surface area contributed by atoms with Crippen LogP contribution in [0, 0.1) is 0 Å². The summed E-state index contributed by atoms with van der Waals surface area (Å²) >= 11 is 0. The van der Waals surface area contributed by atoms with Gasteiger partial charge in [-0.05, 0) is 29.8 Å². The fraction of sp³-hybridized carbons (Fsp3) is 0. The predicted octanol–water partition coefficient (Wildman–Crippen LogP) is 2.23. The molecule has 4 aromatic rings. The Balaban J connectivity index is 1.90. The van der Waals surface area contributed by atoms with Crippen molar-refractivity contribution in [1.29, 1.82) is 0 Å². The number of benzene rings is 1. The van der Waals surface area contributed by atoms with Crippen molar-refractivity contribution >= 4 is 28.0 Å². The first-order chi connectivity index (χ1) is 11.1. The third kappa shape index (κ3) is 2.08. The van der Waals surface area contributed by atoms with Gasteiger partial charge in [-0.25, -0.2) is 4.52 Å². The average molecular weight is 303 g/mol. The molecule has 4 rings (SSSR count). The van der Waals surface area contributed by atoms with Gasteiger partial charge in [0, 0.05) is 23.3 Å². The number of anilines is 1. The van der Waals surface area contributed by atoms with Gasteiger partial charge >= 0.3 is 0 Å². The second kappa shape index (κ2) is 4.81. The zero-order chi connectivity index (χ0) is 16.0. The van der Waals surface area contributed by atoms with Crippen LogP contribution < -0.4 is 11.5 Å². The van der Waals surface area contributed by atoms with Crippen molar-refractivity contribution < 1.29 is 4.79 Å². The van der Waals surface area contributed by atoms with E-state index in [2.05, 4.69) is 16.1 Å². The zero-order valence-corrected chi connectivity index (χ0v) is 12.1. The molecular formula is C17H13N5O. The van der Waals surface area contributed by atoms with E-state index in [4.69, 9.17) is 11.5 Å². The highest BCUT2D eigenvalue weighted by atomic mass is 16.1. The number of pyridine rings is 1. The summed E-state index contributed by atoms with van der Waals surface area (Å²) in [5, 5.41) is 5.25. The molecule has 6 heteroatoms. The number of rotatable bonds is 2. The average Bonchev–Trinajstić information content (AvgIpc) is 2.99. The molecule has 0 aliphatic heterocycles. The summed E-state index contributed by atoms with van der Waals surface area (Å²) in [4.78, 5) is 15.7. The number of aromatic nitrogens is 3. The molecule has 4 N–H and O–H groups in total. The van der Waals surface area contributed by atoms with Gasteiger partial charge in [0.25, 0.3) is 5.91 Å². The Morgan fingerprint density at radius 1 is 1.13 bits per heavy atom. The molecule has 0 saturated carbocycles. The molecule has 0 aliphatic rings. The van der Waals surface area contributed by atoms with Gasteiger partial charge in [-0.3, -0.25) is 9.78 Å². The molecule has 0 saturated heterocycles. The molecule has 3 aromatic heterocycles. The van der Waals surface area contributed by atoms with Gasteiger partial charge in [0.05, 0.1) is 28.5 Å².